The van der Waals surface area contributed by atoms with Crippen LogP contribution in [0.4, 0.5) is 16.0 Å². The zero-order valence-electron chi connectivity index (χ0n) is 16.7. The highest BCUT2D eigenvalue weighted by Crippen LogP contribution is 2.31. The lowest BCUT2D eigenvalue weighted by Crippen LogP contribution is -2.40. The molecule has 8 heteroatoms. The lowest BCUT2D eigenvalue weighted by atomic mass is 10.1. The first-order valence-electron chi connectivity index (χ1n) is 9.73. The molecule has 152 valence electrons. The second-order valence-corrected chi connectivity index (χ2v) is 7.59. The molecular formula is C22H20FN5O2. The summed E-state index contributed by atoms with van der Waals surface area (Å²) in [6.45, 7) is 3.35. The smallest absolute Gasteiger partial charge is 0.310 e. The van der Waals surface area contributed by atoms with Crippen molar-refractivity contribution in [2.75, 3.05) is 11.4 Å². The summed E-state index contributed by atoms with van der Waals surface area (Å²) < 4.78 is 17.8. The van der Waals surface area contributed by atoms with Gasteiger partial charge in [-0.1, -0.05) is 29.8 Å². The first-order valence-corrected chi connectivity index (χ1v) is 9.73. The highest BCUT2D eigenvalue weighted by Gasteiger charge is 2.28. The van der Waals surface area contributed by atoms with Crippen molar-refractivity contribution in [2.24, 2.45) is 7.05 Å². The Morgan fingerprint density at radius 2 is 1.83 bits per heavy atom. The molecule has 1 aliphatic heterocycles. The lowest BCUT2D eigenvalue weighted by molar-refractivity contribution is 0.628. The van der Waals surface area contributed by atoms with Crippen LogP contribution in [0.1, 0.15) is 11.1 Å². The maximum Gasteiger partial charge on any atom is 0.332 e. The fourth-order valence-corrected chi connectivity index (χ4v) is 4.08. The van der Waals surface area contributed by atoms with Gasteiger partial charge in [0.2, 0.25) is 5.95 Å². The summed E-state index contributed by atoms with van der Waals surface area (Å²) in [5.41, 5.74) is 2.75. The molecule has 0 N–H and O–H groups in total. The Morgan fingerprint density at radius 3 is 2.57 bits per heavy atom. The van der Waals surface area contributed by atoms with E-state index in [2.05, 4.69) is 4.98 Å². The topological polar surface area (TPSA) is 65.1 Å². The van der Waals surface area contributed by atoms with Gasteiger partial charge in [0.25, 0.3) is 5.56 Å². The molecule has 0 atom stereocenters. The van der Waals surface area contributed by atoms with Crippen LogP contribution >= 0.6 is 0 Å². The van der Waals surface area contributed by atoms with Gasteiger partial charge in [-0.2, -0.15) is 4.98 Å². The van der Waals surface area contributed by atoms with Crippen molar-refractivity contribution in [2.45, 2.75) is 20.0 Å². The van der Waals surface area contributed by atoms with Crippen LogP contribution in [-0.4, -0.2) is 25.2 Å². The minimum absolute atomic E-state index is 0.200. The molecule has 5 rings (SSSR count). The van der Waals surface area contributed by atoms with Crippen LogP contribution in [0.3, 0.4) is 0 Å². The van der Waals surface area contributed by atoms with Crippen LogP contribution in [-0.2, 0) is 20.1 Å². The molecule has 1 aliphatic rings. The molecule has 0 unspecified atom stereocenters. The van der Waals surface area contributed by atoms with Crippen molar-refractivity contribution in [1.29, 1.82) is 0 Å². The summed E-state index contributed by atoms with van der Waals surface area (Å²) in [5.74, 6) is 0.268. The molecule has 3 heterocycles. The Kier molecular flexibility index (Phi) is 4.09. The van der Waals surface area contributed by atoms with Crippen molar-refractivity contribution < 1.29 is 4.39 Å². The van der Waals surface area contributed by atoms with E-state index in [1.54, 1.807) is 19.2 Å². The van der Waals surface area contributed by atoms with Crippen LogP contribution < -0.4 is 16.1 Å². The predicted octanol–water partition coefficient (Wildman–Crippen LogP) is 2.54. The Bertz CT molecular complexity index is 1400. The molecular weight excluding hydrogens is 385 g/mol. The van der Waals surface area contributed by atoms with Gasteiger partial charge in [-0.05, 0) is 36.8 Å². The van der Waals surface area contributed by atoms with Crippen molar-refractivity contribution in [3.8, 4) is 0 Å². The van der Waals surface area contributed by atoms with Gasteiger partial charge in [0.15, 0.2) is 11.2 Å². The predicted molar refractivity (Wildman–Crippen MR) is 113 cm³/mol. The Labute approximate surface area is 171 Å². The van der Waals surface area contributed by atoms with E-state index in [0.29, 0.717) is 30.2 Å². The zero-order valence-corrected chi connectivity index (χ0v) is 16.7. The number of halogens is 1. The van der Waals surface area contributed by atoms with Crippen molar-refractivity contribution >= 4 is 22.8 Å². The van der Waals surface area contributed by atoms with E-state index in [0.717, 1.165) is 16.8 Å². The van der Waals surface area contributed by atoms with Crippen LogP contribution in [0, 0.1) is 12.7 Å². The van der Waals surface area contributed by atoms with Crippen molar-refractivity contribution in [3.63, 3.8) is 0 Å². The average Bonchev–Trinajstić information content (AvgIpc) is 3.30. The van der Waals surface area contributed by atoms with Gasteiger partial charge in [0.05, 0.1) is 6.54 Å². The highest BCUT2D eigenvalue weighted by atomic mass is 19.1. The quantitative estimate of drug-likeness (QED) is 0.526. The van der Waals surface area contributed by atoms with E-state index in [1.807, 2.05) is 40.7 Å². The van der Waals surface area contributed by atoms with E-state index < -0.39 is 5.69 Å². The number of anilines is 2. The van der Waals surface area contributed by atoms with Crippen LogP contribution in [0.2, 0.25) is 0 Å². The standard InChI is InChI=1S/C22H20FN5O2/c1-14-4-3-5-15(12-14)13-28-20(29)18-19(25(2)22(28)30)24-21-26(10-11-27(18)21)17-8-6-16(23)7-9-17/h3-9,12H,10-11,13H2,1-2H3. The van der Waals surface area contributed by atoms with E-state index in [9.17, 15) is 14.0 Å². The Balaban J connectivity index is 1.67. The summed E-state index contributed by atoms with van der Waals surface area (Å²) in [4.78, 5) is 32.8. The molecule has 0 aliphatic carbocycles. The number of imidazole rings is 1. The summed E-state index contributed by atoms with van der Waals surface area (Å²) in [5, 5.41) is 0. The molecule has 7 nitrogen and oxygen atoms in total. The number of aryl methyl sites for hydroxylation is 2. The first-order chi connectivity index (χ1) is 14.4. The summed E-state index contributed by atoms with van der Waals surface area (Å²) in [6, 6.07) is 13.9. The number of rotatable bonds is 3. The Hall–Kier alpha value is -3.68. The minimum Gasteiger partial charge on any atom is -0.310 e. The zero-order chi connectivity index (χ0) is 21.0. The summed E-state index contributed by atoms with van der Waals surface area (Å²) in [7, 11) is 1.63. The number of hydrogen-bond acceptors (Lipinski definition) is 4. The second kappa shape index (κ2) is 6.69. The molecule has 0 amide bonds. The fourth-order valence-electron chi connectivity index (χ4n) is 4.08. The van der Waals surface area contributed by atoms with Gasteiger partial charge in [0.1, 0.15) is 5.82 Å². The molecule has 0 bridgehead atoms. The third-order valence-corrected chi connectivity index (χ3v) is 5.56. The van der Waals surface area contributed by atoms with Gasteiger partial charge in [0, 0.05) is 25.8 Å². The maximum absolute atomic E-state index is 13.3. The lowest BCUT2D eigenvalue weighted by Gasteiger charge is -2.15. The second-order valence-electron chi connectivity index (χ2n) is 7.59. The van der Waals surface area contributed by atoms with Crippen molar-refractivity contribution in [1.82, 2.24) is 18.7 Å². The first kappa shape index (κ1) is 18.4. The molecule has 2 aromatic heterocycles. The molecule has 2 aromatic carbocycles. The normalized spacial score (nSPS) is 13.2. The molecule has 30 heavy (non-hydrogen) atoms. The van der Waals surface area contributed by atoms with Crippen LogP contribution in [0.25, 0.3) is 11.2 Å². The Morgan fingerprint density at radius 1 is 1.07 bits per heavy atom. The number of nitrogens with zero attached hydrogens (tertiary/aromatic N) is 5. The van der Waals surface area contributed by atoms with Crippen LogP contribution in [0.15, 0.2) is 58.1 Å². The van der Waals surface area contributed by atoms with Gasteiger partial charge >= 0.3 is 5.69 Å². The van der Waals surface area contributed by atoms with E-state index >= 15 is 0 Å². The molecule has 0 spiro atoms. The van der Waals surface area contributed by atoms with Crippen LogP contribution in [0.5, 0.6) is 0 Å². The minimum atomic E-state index is -0.404. The number of benzene rings is 2. The van der Waals surface area contributed by atoms with E-state index in [1.165, 1.54) is 21.3 Å². The number of hydrogen-bond donors (Lipinski definition) is 0. The SMILES string of the molecule is Cc1cccc(Cn2c(=O)c3c(nc4n3CCN4c3ccc(F)cc3)n(C)c2=O)c1. The average molecular weight is 405 g/mol. The van der Waals surface area contributed by atoms with E-state index in [4.69, 9.17) is 0 Å². The highest BCUT2D eigenvalue weighted by molar-refractivity contribution is 5.77. The molecule has 0 fully saturated rings. The monoisotopic (exact) mass is 405 g/mol. The largest absolute Gasteiger partial charge is 0.332 e. The molecule has 4 aromatic rings. The summed E-state index contributed by atoms with van der Waals surface area (Å²) >= 11 is 0. The van der Waals surface area contributed by atoms with Gasteiger partial charge < -0.3 is 9.47 Å². The van der Waals surface area contributed by atoms with Crippen molar-refractivity contribution in [3.05, 3.63) is 86.3 Å². The fraction of sp³-hybridized carbons (Fsp3) is 0.227. The molecule has 0 saturated carbocycles. The third kappa shape index (κ3) is 2.75. The van der Waals surface area contributed by atoms with Gasteiger partial charge in [-0.3, -0.25) is 13.9 Å². The number of fused-ring (bicyclic) bond motifs is 3. The van der Waals surface area contributed by atoms with E-state index in [-0.39, 0.29) is 17.9 Å². The maximum atomic E-state index is 13.3. The molecule has 0 radical (unpaired) electrons. The summed E-state index contributed by atoms with van der Waals surface area (Å²) in [6.07, 6.45) is 0. The third-order valence-electron chi connectivity index (χ3n) is 5.56. The van der Waals surface area contributed by atoms with Gasteiger partial charge in [-0.25, -0.2) is 9.18 Å². The molecule has 0 saturated heterocycles. The van der Waals surface area contributed by atoms with Gasteiger partial charge in [-0.15, -0.1) is 0 Å². The number of aromatic nitrogens is 4.